The third-order valence-electron chi connectivity index (χ3n) is 2.67. The van der Waals surface area contributed by atoms with Crippen LogP contribution in [0.4, 0.5) is 0 Å². The molecule has 0 spiro atoms. The Morgan fingerprint density at radius 1 is 1.11 bits per heavy atom. The normalized spacial score (nSPS) is 15.7. The summed E-state index contributed by atoms with van der Waals surface area (Å²) in [6.07, 6.45) is 0.520. The van der Waals surface area contributed by atoms with Crippen LogP contribution in [-0.4, -0.2) is 40.3 Å². The van der Waals surface area contributed by atoms with E-state index in [0.717, 1.165) is 0 Å². The Bertz CT molecular complexity index is 351. The van der Waals surface area contributed by atoms with Gasteiger partial charge in [0.25, 0.3) is 0 Å². The first kappa shape index (κ1) is 13.0. The largest absolute Gasteiger partial charge is 0.493 e. The molecule has 2 rings (SSSR count). The quantitative estimate of drug-likeness (QED) is 0.775. The van der Waals surface area contributed by atoms with Gasteiger partial charge in [0, 0.05) is 6.42 Å². The second-order valence-electron chi connectivity index (χ2n) is 3.80. The van der Waals surface area contributed by atoms with Crippen LogP contribution in [0.15, 0.2) is 18.2 Å². The Kier molecular flexibility index (Phi) is 4.66. The summed E-state index contributed by atoms with van der Waals surface area (Å²) in [7, 11) is 3.20. The maximum Gasteiger partial charge on any atom is 0.203 e. The minimum absolute atomic E-state index is 0.161. The first-order chi connectivity index (χ1) is 8.85. The van der Waals surface area contributed by atoms with Crippen LogP contribution in [0.25, 0.3) is 0 Å². The summed E-state index contributed by atoms with van der Waals surface area (Å²) in [6, 6.07) is 5.52. The van der Waals surface area contributed by atoms with Crippen LogP contribution >= 0.6 is 0 Å². The molecule has 5 heteroatoms. The van der Waals surface area contributed by atoms with Crippen molar-refractivity contribution < 1.29 is 23.7 Å². The third kappa shape index (κ3) is 3.05. The van der Waals surface area contributed by atoms with Crippen molar-refractivity contribution in [2.45, 2.75) is 12.7 Å². The van der Waals surface area contributed by atoms with Crippen LogP contribution < -0.4 is 14.2 Å². The van der Waals surface area contributed by atoms with E-state index in [9.17, 15) is 0 Å². The summed E-state index contributed by atoms with van der Waals surface area (Å²) >= 11 is 0. The molecular weight excluding hydrogens is 236 g/mol. The van der Waals surface area contributed by atoms with Gasteiger partial charge < -0.3 is 23.7 Å². The molecule has 0 aliphatic carbocycles. The summed E-state index contributed by atoms with van der Waals surface area (Å²) in [4.78, 5) is 0. The zero-order chi connectivity index (χ0) is 12.8. The summed E-state index contributed by atoms with van der Waals surface area (Å²) in [5, 5.41) is 0. The second kappa shape index (κ2) is 6.47. The summed E-state index contributed by atoms with van der Waals surface area (Å²) in [5.74, 6) is 1.92. The SMILES string of the molecule is COc1cccc(OC)c1OCCC1OCCO1. The molecule has 1 aliphatic heterocycles. The van der Waals surface area contributed by atoms with Crippen LogP contribution in [0, 0.1) is 0 Å². The molecule has 1 aliphatic rings. The van der Waals surface area contributed by atoms with E-state index in [2.05, 4.69) is 0 Å². The highest BCUT2D eigenvalue weighted by Crippen LogP contribution is 2.36. The van der Waals surface area contributed by atoms with Gasteiger partial charge in [-0.05, 0) is 12.1 Å². The Morgan fingerprint density at radius 3 is 2.28 bits per heavy atom. The highest BCUT2D eigenvalue weighted by Gasteiger charge is 2.17. The van der Waals surface area contributed by atoms with Crippen molar-refractivity contribution in [2.24, 2.45) is 0 Å². The van der Waals surface area contributed by atoms with E-state index in [-0.39, 0.29) is 6.29 Å². The Balaban J connectivity index is 1.94. The topological polar surface area (TPSA) is 46.2 Å². The molecule has 1 fully saturated rings. The van der Waals surface area contributed by atoms with Gasteiger partial charge in [-0.3, -0.25) is 0 Å². The molecule has 0 bridgehead atoms. The van der Waals surface area contributed by atoms with Crippen LogP contribution in [0.1, 0.15) is 6.42 Å². The number of rotatable bonds is 6. The van der Waals surface area contributed by atoms with Crippen LogP contribution in [0.2, 0.25) is 0 Å². The predicted octanol–water partition coefficient (Wildman–Crippen LogP) is 1.85. The smallest absolute Gasteiger partial charge is 0.203 e. The molecule has 0 N–H and O–H groups in total. The van der Waals surface area contributed by atoms with Crippen molar-refractivity contribution in [2.75, 3.05) is 34.0 Å². The molecule has 0 radical (unpaired) electrons. The summed E-state index contributed by atoms with van der Waals surface area (Å²) in [6.45, 7) is 1.80. The standard InChI is InChI=1S/C13H18O5/c1-14-10-4-3-5-11(15-2)13(10)18-7-6-12-16-8-9-17-12/h3-5,12H,6-9H2,1-2H3. The van der Waals surface area contributed by atoms with Crippen LogP contribution in [0.5, 0.6) is 17.2 Å². The fourth-order valence-corrected chi connectivity index (χ4v) is 1.79. The number of ether oxygens (including phenoxy) is 5. The van der Waals surface area contributed by atoms with Crippen molar-refractivity contribution in [3.63, 3.8) is 0 Å². The predicted molar refractivity (Wildman–Crippen MR) is 65.4 cm³/mol. The van der Waals surface area contributed by atoms with Gasteiger partial charge >= 0.3 is 0 Å². The molecule has 18 heavy (non-hydrogen) atoms. The molecule has 1 heterocycles. The van der Waals surface area contributed by atoms with Crippen molar-refractivity contribution in [1.82, 2.24) is 0 Å². The number of benzene rings is 1. The highest BCUT2D eigenvalue weighted by atomic mass is 16.7. The Hall–Kier alpha value is -1.46. The van der Waals surface area contributed by atoms with Crippen molar-refractivity contribution >= 4 is 0 Å². The van der Waals surface area contributed by atoms with E-state index >= 15 is 0 Å². The molecule has 1 saturated heterocycles. The zero-order valence-corrected chi connectivity index (χ0v) is 10.7. The molecule has 0 amide bonds. The molecule has 0 aromatic heterocycles. The van der Waals surface area contributed by atoms with E-state index < -0.39 is 0 Å². The molecule has 100 valence electrons. The van der Waals surface area contributed by atoms with Crippen LogP contribution in [0.3, 0.4) is 0 Å². The first-order valence-electron chi connectivity index (χ1n) is 5.92. The number of para-hydroxylation sites is 1. The number of hydrogen-bond donors (Lipinski definition) is 0. The van der Waals surface area contributed by atoms with E-state index in [1.165, 1.54) is 0 Å². The van der Waals surface area contributed by atoms with Gasteiger partial charge in [0.1, 0.15) is 0 Å². The number of methoxy groups -OCH3 is 2. The van der Waals surface area contributed by atoms with Gasteiger partial charge in [0.05, 0.1) is 34.0 Å². The lowest BCUT2D eigenvalue weighted by Crippen LogP contribution is -2.13. The molecule has 1 aromatic carbocycles. The maximum absolute atomic E-state index is 5.70. The fourth-order valence-electron chi connectivity index (χ4n) is 1.79. The zero-order valence-electron chi connectivity index (χ0n) is 10.7. The van der Waals surface area contributed by atoms with Gasteiger partial charge in [0.15, 0.2) is 17.8 Å². The van der Waals surface area contributed by atoms with Gasteiger partial charge in [-0.1, -0.05) is 6.07 Å². The summed E-state index contributed by atoms with van der Waals surface area (Å²) < 4.78 is 26.9. The molecule has 0 saturated carbocycles. The molecule has 1 aromatic rings. The first-order valence-corrected chi connectivity index (χ1v) is 5.92. The third-order valence-corrected chi connectivity index (χ3v) is 2.67. The Labute approximate surface area is 107 Å². The molecule has 0 unspecified atom stereocenters. The van der Waals surface area contributed by atoms with Crippen molar-refractivity contribution in [3.05, 3.63) is 18.2 Å². The second-order valence-corrected chi connectivity index (χ2v) is 3.80. The monoisotopic (exact) mass is 254 g/mol. The van der Waals surface area contributed by atoms with E-state index in [4.69, 9.17) is 23.7 Å². The van der Waals surface area contributed by atoms with Crippen LogP contribution in [-0.2, 0) is 9.47 Å². The average molecular weight is 254 g/mol. The van der Waals surface area contributed by atoms with Crippen molar-refractivity contribution in [3.8, 4) is 17.2 Å². The van der Waals surface area contributed by atoms with E-state index in [1.807, 2.05) is 18.2 Å². The number of hydrogen-bond acceptors (Lipinski definition) is 5. The van der Waals surface area contributed by atoms with Crippen molar-refractivity contribution in [1.29, 1.82) is 0 Å². The minimum Gasteiger partial charge on any atom is -0.493 e. The maximum atomic E-state index is 5.70. The molecular formula is C13H18O5. The fraction of sp³-hybridized carbons (Fsp3) is 0.538. The molecule has 0 atom stereocenters. The lowest BCUT2D eigenvalue weighted by Gasteiger charge is -2.15. The summed E-state index contributed by atoms with van der Waals surface area (Å²) in [5.41, 5.74) is 0. The average Bonchev–Trinajstić information content (AvgIpc) is 2.92. The van der Waals surface area contributed by atoms with E-state index in [1.54, 1.807) is 14.2 Å². The lowest BCUT2D eigenvalue weighted by molar-refractivity contribution is -0.0533. The van der Waals surface area contributed by atoms with Gasteiger partial charge in [-0.2, -0.15) is 0 Å². The van der Waals surface area contributed by atoms with Gasteiger partial charge in [0.2, 0.25) is 5.75 Å². The Morgan fingerprint density at radius 2 is 1.72 bits per heavy atom. The molecule has 5 nitrogen and oxygen atoms in total. The van der Waals surface area contributed by atoms with E-state index in [0.29, 0.717) is 43.5 Å². The highest BCUT2D eigenvalue weighted by molar-refractivity contribution is 5.51. The van der Waals surface area contributed by atoms with Gasteiger partial charge in [-0.15, -0.1) is 0 Å². The lowest BCUT2D eigenvalue weighted by atomic mass is 10.3. The van der Waals surface area contributed by atoms with Gasteiger partial charge in [-0.25, -0.2) is 0 Å². The minimum atomic E-state index is -0.161.